The van der Waals surface area contributed by atoms with Crippen LogP contribution in [-0.4, -0.2) is 9.38 Å². The highest BCUT2D eigenvalue weighted by Crippen LogP contribution is 2.08. The molecule has 0 fully saturated rings. The van der Waals surface area contributed by atoms with Gasteiger partial charge in [-0.25, -0.2) is 4.98 Å². The lowest BCUT2D eigenvalue weighted by atomic mass is 10.3. The minimum absolute atomic E-state index is 1.01. The highest BCUT2D eigenvalue weighted by atomic mass is 127. The van der Waals surface area contributed by atoms with E-state index in [0.717, 1.165) is 9.35 Å². The van der Waals surface area contributed by atoms with Crippen molar-refractivity contribution >= 4 is 28.2 Å². The molecule has 0 saturated carbocycles. The number of hydrogen-bond donors (Lipinski definition) is 0. The van der Waals surface area contributed by atoms with Gasteiger partial charge in [-0.3, -0.25) is 0 Å². The van der Waals surface area contributed by atoms with Crippen molar-refractivity contribution in [2.45, 2.75) is 6.92 Å². The summed E-state index contributed by atoms with van der Waals surface area (Å²) in [6, 6.07) is 4.09. The van der Waals surface area contributed by atoms with Crippen LogP contribution in [0.4, 0.5) is 0 Å². The lowest BCUT2D eigenvalue weighted by Gasteiger charge is -1.92. The predicted molar refractivity (Wildman–Crippen MR) is 52.6 cm³/mol. The fourth-order valence-corrected chi connectivity index (χ4v) is 1.62. The van der Waals surface area contributed by atoms with E-state index in [0.29, 0.717) is 0 Å². The van der Waals surface area contributed by atoms with Crippen molar-refractivity contribution < 1.29 is 0 Å². The first-order valence-corrected chi connectivity index (χ1v) is 4.44. The molecular formula is C8H7IN2. The van der Waals surface area contributed by atoms with Gasteiger partial charge in [0.15, 0.2) is 0 Å². The highest BCUT2D eigenvalue weighted by Gasteiger charge is 1.96. The average Bonchev–Trinajstić information content (AvgIpc) is 2.27. The number of halogens is 1. The standard InChI is InChI=1S/C8H7IN2/c1-6-2-3-8-10-7(9)5-11(8)4-6/h2-5H,1H3. The normalized spacial score (nSPS) is 10.7. The van der Waals surface area contributed by atoms with Crippen molar-refractivity contribution in [3.63, 3.8) is 0 Å². The van der Waals surface area contributed by atoms with E-state index in [1.807, 2.05) is 16.7 Å². The summed E-state index contributed by atoms with van der Waals surface area (Å²) in [5, 5.41) is 0. The SMILES string of the molecule is Cc1ccc2nc(I)cn2c1. The molecule has 0 aromatic carbocycles. The Balaban J connectivity index is 2.82. The van der Waals surface area contributed by atoms with Crippen molar-refractivity contribution in [1.29, 1.82) is 0 Å². The summed E-state index contributed by atoms with van der Waals surface area (Å²) in [7, 11) is 0. The van der Waals surface area contributed by atoms with Crippen LogP contribution in [0.15, 0.2) is 24.5 Å². The van der Waals surface area contributed by atoms with Gasteiger partial charge in [-0.2, -0.15) is 0 Å². The number of aryl methyl sites for hydroxylation is 1. The first-order valence-electron chi connectivity index (χ1n) is 3.36. The molecular weight excluding hydrogens is 251 g/mol. The van der Waals surface area contributed by atoms with E-state index in [9.17, 15) is 0 Å². The summed E-state index contributed by atoms with van der Waals surface area (Å²) in [4.78, 5) is 4.30. The maximum atomic E-state index is 4.30. The van der Waals surface area contributed by atoms with Gasteiger partial charge in [-0.05, 0) is 41.1 Å². The maximum absolute atomic E-state index is 4.30. The molecule has 2 rings (SSSR count). The molecule has 2 nitrogen and oxygen atoms in total. The molecule has 0 N–H and O–H groups in total. The van der Waals surface area contributed by atoms with Gasteiger partial charge in [0, 0.05) is 12.4 Å². The summed E-state index contributed by atoms with van der Waals surface area (Å²) in [5.74, 6) is 0. The van der Waals surface area contributed by atoms with Crippen molar-refractivity contribution in [3.05, 3.63) is 33.8 Å². The van der Waals surface area contributed by atoms with Gasteiger partial charge in [0.05, 0.1) is 0 Å². The van der Waals surface area contributed by atoms with E-state index >= 15 is 0 Å². The third-order valence-electron chi connectivity index (χ3n) is 1.57. The van der Waals surface area contributed by atoms with E-state index in [1.165, 1.54) is 5.56 Å². The monoisotopic (exact) mass is 258 g/mol. The first-order chi connectivity index (χ1) is 5.25. The first kappa shape index (κ1) is 7.09. The van der Waals surface area contributed by atoms with Crippen molar-refractivity contribution in [2.75, 3.05) is 0 Å². The number of aromatic nitrogens is 2. The second-order valence-corrected chi connectivity index (χ2v) is 3.64. The minimum Gasteiger partial charge on any atom is -0.306 e. The molecule has 0 unspecified atom stereocenters. The molecule has 0 aliphatic carbocycles. The van der Waals surface area contributed by atoms with E-state index in [1.54, 1.807) is 0 Å². The van der Waals surface area contributed by atoms with E-state index in [2.05, 4.69) is 46.8 Å². The van der Waals surface area contributed by atoms with Gasteiger partial charge in [-0.15, -0.1) is 0 Å². The van der Waals surface area contributed by atoms with E-state index < -0.39 is 0 Å². The van der Waals surface area contributed by atoms with Crippen LogP contribution in [-0.2, 0) is 0 Å². The van der Waals surface area contributed by atoms with Crippen molar-refractivity contribution in [1.82, 2.24) is 9.38 Å². The Morgan fingerprint density at radius 1 is 1.36 bits per heavy atom. The van der Waals surface area contributed by atoms with Crippen LogP contribution in [0.2, 0.25) is 0 Å². The summed E-state index contributed by atoms with van der Waals surface area (Å²) in [6.07, 6.45) is 4.09. The Labute approximate surface area is 78.4 Å². The second kappa shape index (κ2) is 2.48. The van der Waals surface area contributed by atoms with Crippen molar-refractivity contribution in [2.24, 2.45) is 0 Å². The Morgan fingerprint density at radius 2 is 2.18 bits per heavy atom. The molecule has 0 spiro atoms. The van der Waals surface area contributed by atoms with Crippen LogP contribution in [0, 0.1) is 10.6 Å². The topological polar surface area (TPSA) is 17.3 Å². The van der Waals surface area contributed by atoms with Crippen LogP contribution in [0.25, 0.3) is 5.65 Å². The van der Waals surface area contributed by atoms with Crippen LogP contribution >= 0.6 is 22.6 Å². The molecule has 0 radical (unpaired) electrons. The molecule has 0 bridgehead atoms. The molecule has 0 amide bonds. The highest BCUT2D eigenvalue weighted by molar-refractivity contribution is 14.1. The Bertz CT molecular complexity index is 392. The van der Waals surface area contributed by atoms with Crippen LogP contribution in [0.3, 0.4) is 0 Å². The Morgan fingerprint density at radius 3 is 3.00 bits per heavy atom. The minimum atomic E-state index is 1.01. The fourth-order valence-electron chi connectivity index (χ4n) is 1.07. The Hall–Kier alpha value is -0.580. The maximum Gasteiger partial charge on any atom is 0.137 e. The number of pyridine rings is 1. The summed E-state index contributed by atoms with van der Waals surface area (Å²) >= 11 is 2.21. The zero-order valence-corrected chi connectivity index (χ0v) is 8.24. The van der Waals surface area contributed by atoms with Gasteiger partial charge in [0.1, 0.15) is 9.35 Å². The third-order valence-corrected chi connectivity index (χ3v) is 2.09. The van der Waals surface area contributed by atoms with Gasteiger partial charge in [0.2, 0.25) is 0 Å². The molecule has 56 valence electrons. The van der Waals surface area contributed by atoms with Crippen molar-refractivity contribution in [3.8, 4) is 0 Å². The number of nitrogens with zero attached hydrogens (tertiary/aromatic N) is 2. The van der Waals surface area contributed by atoms with Crippen LogP contribution in [0.5, 0.6) is 0 Å². The lowest BCUT2D eigenvalue weighted by molar-refractivity contribution is 1.16. The molecule has 0 aliphatic rings. The lowest BCUT2D eigenvalue weighted by Crippen LogP contribution is -1.82. The number of hydrogen-bond acceptors (Lipinski definition) is 1. The molecule has 3 heteroatoms. The van der Waals surface area contributed by atoms with Crippen LogP contribution < -0.4 is 0 Å². The summed E-state index contributed by atoms with van der Waals surface area (Å²) in [5.41, 5.74) is 2.27. The smallest absolute Gasteiger partial charge is 0.137 e. The molecule has 2 heterocycles. The number of rotatable bonds is 0. The number of imidazole rings is 1. The van der Waals surface area contributed by atoms with Gasteiger partial charge in [-0.1, -0.05) is 6.07 Å². The van der Waals surface area contributed by atoms with Crippen LogP contribution in [0.1, 0.15) is 5.56 Å². The summed E-state index contributed by atoms with van der Waals surface area (Å²) < 4.78 is 3.07. The fraction of sp³-hybridized carbons (Fsp3) is 0.125. The number of fused-ring (bicyclic) bond motifs is 1. The summed E-state index contributed by atoms with van der Waals surface area (Å²) in [6.45, 7) is 2.08. The Kier molecular flexibility index (Phi) is 1.60. The van der Waals surface area contributed by atoms with Gasteiger partial charge in [0.25, 0.3) is 0 Å². The third kappa shape index (κ3) is 1.24. The average molecular weight is 258 g/mol. The molecule has 2 aromatic heterocycles. The zero-order chi connectivity index (χ0) is 7.84. The zero-order valence-electron chi connectivity index (χ0n) is 6.08. The molecule has 0 atom stereocenters. The molecule has 11 heavy (non-hydrogen) atoms. The predicted octanol–water partition coefficient (Wildman–Crippen LogP) is 2.25. The molecule has 0 aliphatic heterocycles. The second-order valence-electron chi connectivity index (χ2n) is 2.54. The van der Waals surface area contributed by atoms with E-state index in [-0.39, 0.29) is 0 Å². The largest absolute Gasteiger partial charge is 0.306 e. The molecule has 0 saturated heterocycles. The molecule has 2 aromatic rings. The van der Waals surface area contributed by atoms with Gasteiger partial charge < -0.3 is 4.40 Å². The van der Waals surface area contributed by atoms with Gasteiger partial charge >= 0.3 is 0 Å². The quantitative estimate of drug-likeness (QED) is 0.662. The van der Waals surface area contributed by atoms with E-state index in [4.69, 9.17) is 0 Å².